The van der Waals surface area contributed by atoms with Gasteiger partial charge in [-0.1, -0.05) is 5.21 Å². The molecule has 0 unspecified atom stereocenters. The summed E-state index contributed by atoms with van der Waals surface area (Å²) >= 11 is 3.45. The Morgan fingerprint density at radius 1 is 1.22 bits per heavy atom. The van der Waals surface area contributed by atoms with Crippen molar-refractivity contribution in [2.75, 3.05) is 13.4 Å². The van der Waals surface area contributed by atoms with E-state index in [1.807, 2.05) is 0 Å². The van der Waals surface area contributed by atoms with E-state index in [1.165, 1.54) is 10.9 Å². The molecule has 1 aromatic carbocycles. The van der Waals surface area contributed by atoms with Crippen LogP contribution in [-0.4, -0.2) is 46.7 Å². The van der Waals surface area contributed by atoms with Gasteiger partial charge >= 0.3 is 0 Å². The number of methoxy groups -OCH3 is 1. The van der Waals surface area contributed by atoms with Crippen LogP contribution in [0.15, 0.2) is 50.6 Å². The largest absolute Gasteiger partial charge is 0.497 e. The number of hydrogen-bond acceptors (Lipinski definition) is 8. The third-order valence-electron chi connectivity index (χ3n) is 3.75. The van der Waals surface area contributed by atoms with Crippen LogP contribution in [-0.2, 0) is 9.84 Å². The number of furan rings is 1. The minimum atomic E-state index is -3.68. The number of benzene rings is 1. The number of ether oxygens (including phenoxy) is 1. The van der Waals surface area contributed by atoms with E-state index in [2.05, 4.69) is 36.2 Å². The van der Waals surface area contributed by atoms with Gasteiger partial charge in [-0.05, 0) is 40.2 Å². The molecule has 0 aliphatic heterocycles. The summed E-state index contributed by atoms with van der Waals surface area (Å²) in [6.45, 7) is 0. The molecular weight excluding hydrogens is 438 g/mol. The maximum atomic E-state index is 12.1. The summed E-state index contributed by atoms with van der Waals surface area (Å²) in [5, 5.41) is 7.88. The van der Waals surface area contributed by atoms with Crippen molar-refractivity contribution in [2.45, 2.75) is 5.16 Å². The summed E-state index contributed by atoms with van der Waals surface area (Å²) in [5.74, 6) is 1.25. The maximum Gasteiger partial charge on any atom is 0.249 e. The number of fused-ring (bicyclic) bond motifs is 1. The standard InChI is InChI=1S/C16H12BrN5O4S/c1-25-9-5-6-11-10(8-9)20-21-22(11)15-13(17)14(12-4-3-7-26-12)18-16(19-15)27(2,23)24/h3-8H,1-2H3. The molecule has 0 aliphatic rings. The Bertz CT molecular complexity index is 1250. The lowest BCUT2D eigenvalue weighted by atomic mass is 10.3. The number of rotatable bonds is 4. The second kappa shape index (κ2) is 6.43. The second-order valence-electron chi connectivity index (χ2n) is 5.60. The van der Waals surface area contributed by atoms with Gasteiger partial charge in [-0.15, -0.1) is 5.10 Å². The highest BCUT2D eigenvalue weighted by Crippen LogP contribution is 2.33. The Labute approximate surface area is 162 Å². The summed E-state index contributed by atoms with van der Waals surface area (Å²) in [6.07, 6.45) is 2.51. The first-order valence-electron chi connectivity index (χ1n) is 7.60. The first-order valence-corrected chi connectivity index (χ1v) is 10.3. The molecule has 0 aliphatic carbocycles. The van der Waals surface area contributed by atoms with Crippen molar-refractivity contribution in [3.63, 3.8) is 0 Å². The average Bonchev–Trinajstić information content (AvgIpc) is 3.30. The first kappa shape index (κ1) is 17.6. The predicted molar refractivity (Wildman–Crippen MR) is 99.5 cm³/mol. The van der Waals surface area contributed by atoms with E-state index >= 15 is 0 Å². The molecule has 0 spiro atoms. The van der Waals surface area contributed by atoms with Crippen LogP contribution in [0.4, 0.5) is 0 Å². The fraction of sp³-hybridized carbons (Fsp3) is 0.125. The van der Waals surface area contributed by atoms with Gasteiger partial charge in [0.05, 0.1) is 23.4 Å². The minimum absolute atomic E-state index is 0.226. The van der Waals surface area contributed by atoms with Crippen molar-refractivity contribution in [3.8, 4) is 23.0 Å². The second-order valence-corrected chi connectivity index (χ2v) is 8.30. The monoisotopic (exact) mass is 449 g/mol. The van der Waals surface area contributed by atoms with Crippen LogP contribution in [0.3, 0.4) is 0 Å². The zero-order valence-corrected chi connectivity index (χ0v) is 16.5. The van der Waals surface area contributed by atoms with E-state index in [4.69, 9.17) is 9.15 Å². The molecule has 27 heavy (non-hydrogen) atoms. The van der Waals surface area contributed by atoms with Crippen LogP contribution < -0.4 is 4.74 Å². The van der Waals surface area contributed by atoms with Gasteiger partial charge in [0.2, 0.25) is 15.0 Å². The van der Waals surface area contributed by atoms with Crippen molar-refractivity contribution in [3.05, 3.63) is 41.1 Å². The topological polar surface area (TPSA) is 113 Å². The smallest absolute Gasteiger partial charge is 0.249 e. The third kappa shape index (κ3) is 3.08. The molecule has 0 fully saturated rings. The summed E-state index contributed by atoms with van der Waals surface area (Å²) in [4.78, 5) is 8.33. The van der Waals surface area contributed by atoms with Crippen molar-refractivity contribution >= 4 is 36.8 Å². The van der Waals surface area contributed by atoms with Crippen LogP contribution in [0, 0.1) is 0 Å². The van der Waals surface area contributed by atoms with Crippen LogP contribution >= 0.6 is 15.9 Å². The van der Waals surface area contributed by atoms with E-state index < -0.39 is 9.84 Å². The van der Waals surface area contributed by atoms with Gasteiger partial charge in [0.1, 0.15) is 17.0 Å². The molecule has 0 saturated heterocycles. The number of sulfone groups is 1. The average molecular weight is 450 g/mol. The Hall–Kier alpha value is -2.79. The highest BCUT2D eigenvalue weighted by atomic mass is 79.9. The molecular formula is C16H12BrN5O4S. The van der Waals surface area contributed by atoms with E-state index in [9.17, 15) is 8.42 Å². The van der Waals surface area contributed by atoms with Gasteiger partial charge in [0, 0.05) is 12.3 Å². The molecule has 3 heterocycles. The van der Waals surface area contributed by atoms with Crippen molar-refractivity contribution in [1.82, 2.24) is 25.0 Å². The Balaban J connectivity index is 2.02. The van der Waals surface area contributed by atoms with Crippen molar-refractivity contribution < 1.29 is 17.6 Å². The molecule has 138 valence electrons. The SMILES string of the molecule is COc1ccc2c(c1)nnn2-c1nc(S(C)(=O)=O)nc(-c2ccco2)c1Br. The molecule has 0 N–H and O–H groups in total. The number of halogens is 1. The highest BCUT2D eigenvalue weighted by molar-refractivity contribution is 9.10. The van der Waals surface area contributed by atoms with Crippen LogP contribution in [0.2, 0.25) is 0 Å². The van der Waals surface area contributed by atoms with Gasteiger partial charge in [-0.2, -0.15) is 9.67 Å². The molecule has 0 saturated carbocycles. The summed E-state index contributed by atoms with van der Waals surface area (Å²) in [5.41, 5.74) is 1.49. The van der Waals surface area contributed by atoms with Crippen molar-refractivity contribution in [1.29, 1.82) is 0 Å². The lowest BCUT2D eigenvalue weighted by Gasteiger charge is -2.10. The van der Waals surface area contributed by atoms with Crippen LogP contribution in [0.5, 0.6) is 5.75 Å². The highest BCUT2D eigenvalue weighted by Gasteiger charge is 2.23. The van der Waals surface area contributed by atoms with E-state index in [1.54, 1.807) is 37.4 Å². The zero-order chi connectivity index (χ0) is 19.2. The molecule has 0 radical (unpaired) electrons. The number of nitrogens with zero attached hydrogens (tertiary/aromatic N) is 5. The van der Waals surface area contributed by atoms with E-state index in [-0.39, 0.29) is 11.0 Å². The lowest BCUT2D eigenvalue weighted by Crippen LogP contribution is -2.11. The number of hydrogen-bond donors (Lipinski definition) is 0. The Morgan fingerprint density at radius 3 is 2.70 bits per heavy atom. The minimum Gasteiger partial charge on any atom is -0.497 e. The molecule has 0 amide bonds. The van der Waals surface area contributed by atoms with Gasteiger partial charge in [-0.3, -0.25) is 0 Å². The van der Waals surface area contributed by atoms with Gasteiger partial charge in [0.15, 0.2) is 11.6 Å². The predicted octanol–water partition coefficient (Wildman–Crippen LogP) is 2.65. The molecule has 4 aromatic rings. The maximum absolute atomic E-state index is 12.1. The van der Waals surface area contributed by atoms with E-state index in [0.717, 1.165) is 6.26 Å². The fourth-order valence-electron chi connectivity index (χ4n) is 2.48. The van der Waals surface area contributed by atoms with Gasteiger partial charge < -0.3 is 9.15 Å². The molecule has 3 aromatic heterocycles. The Kier molecular flexibility index (Phi) is 4.19. The quantitative estimate of drug-likeness (QED) is 0.436. The molecule has 4 rings (SSSR count). The molecule has 0 bridgehead atoms. The lowest BCUT2D eigenvalue weighted by molar-refractivity contribution is 0.415. The van der Waals surface area contributed by atoms with Gasteiger partial charge in [0.25, 0.3) is 0 Å². The third-order valence-corrected chi connectivity index (χ3v) is 5.33. The van der Waals surface area contributed by atoms with E-state index in [0.29, 0.717) is 32.7 Å². The fourth-order valence-corrected chi connectivity index (χ4v) is 3.54. The molecule has 11 heteroatoms. The summed E-state index contributed by atoms with van der Waals surface area (Å²) in [6, 6.07) is 8.59. The molecule has 9 nitrogen and oxygen atoms in total. The normalized spacial score (nSPS) is 11.8. The first-order chi connectivity index (χ1) is 12.9. The molecule has 0 atom stereocenters. The zero-order valence-electron chi connectivity index (χ0n) is 14.1. The van der Waals surface area contributed by atoms with Gasteiger partial charge in [-0.25, -0.2) is 13.4 Å². The summed E-state index contributed by atoms with van der Waals surface area (Å²) in [7, 11) is -2.12. The van der Waals surface area contributed by atoms with Crippen LogP contribution in [0.25, 0.3) is 28.3 Å². The number of aromatic nitrogens is 5. The summed E-state index contributed by atoms with van der Waals surface area (Å²) < 4.78 is 36.6. The Morgan fingerprint density at radius 2 is 2.04 bits per heavy atom. The van der Waals surface area contributed by atoms with Crippen LogP contribution in [0.1, 0.15) is 0 Å². The van der Waals surface area contributed by atoms with Crippen molar-refractivity contribution in [2.24, 2.45) is 0 Å².